The lowest BCUT2D eigenvalue weighted by Gasteiger charge is -2.34. The Bertz CT molecular complexity index is 1180. The van der Waals surface area contributed by atoms with Crippen LogP contribution in [0.5, 0.6) is 5.75 Å². The molecule has 0 unspecified atom stereocenters. The topological polar surface area (TPSA) is 68.8 Å². The lowest BCUT2D eigenvalue weighted by atomic mass is 10.0. The summed E-state index contributed by atoms with van der Waals surface area (Å²) in [6, 6.07) is 12.8. The van der Waals surface area contributed by atoms with Crippen molar-refractivity contribution in [2.75, 3.05) is 77.0 Å². The number of fused-ring (bicyclic) bond motifs is 1. The first-order valence-electron chi connectivity index (χ1n) is 13.0. The monoisotopic (exact) mass is 569 g/mol. The van der Waals surface area contributed by atoms with Crippen molar-refractivity contribution in [3.63, 3.8) is 0 Å². The van der Waals surface area contributed by atoms with Gasteiger partial charge in [-0.05, 0) is 70.2 Å². The largest absolute Gasteiger partial charge is 0.496 e. The van der Waals surface area contributed by atoms with E-state index < -0.39 is 0 Å². The Labute approximate surface area is 229 Å². The maximum atomic E-state index is 5.69. The van der Waals surface area contributed by atoms with Gasteiger partial charge in [-0.2, -0.15) is 4.98 Å². The summed E-state index contributed by atoms with van der Waals surface area (Å²) in [4.78, 5) is 16.5. The highest BCUT2D eigenvalue weighted by molar-refractivity contribution is 9.10. The molecule has 9 heteroatoms. The average Bonchev–Trinajstić information content (AvgIpc) is 2.88. The lowest BCUT2D eigenvalue weighted by molar-refractivity contribution is 0.209. The first kappa shape index (κ1) is 27.4. The molecule has 1 fully saturated rings. The van der Waals surface area contributed by atoms with Crippen LogP contribution >= 0.6 is 15.9 Å². The summed E-state index contributed by atoms with van der Waals surface area (Å²) in [6.07, 6.45) is 3.15. The molecular formula is C28H40BrN7O. The fourth-order valence-electron chi connectivity index (χ4n) is 4.86. The Morgan fingerprint density at radius 1 is 1.08 bits per heavy atom. The van der Waals surface area contributed by atoms with Crippen molar-refractivity contribution < 1.29 is 4.74 Å². The van der Waals surface area contributed by atoms with Gasteiger partial charge in [-0.25, -0.2) is 4.98 Å². The molecule has 2 heterocycles. The van der Waals surface area contributed by atoms with Gasteiger partial charge in [-0.1, -0.05) is 22.0 Å². The predicted molar refractivity (Wildman–Crippen MR) is 158 cm³/mol. The number of methoxy groups -OCH3 is 1. The average molecular weight is 571 g/mol. The van der Waals surface area contributed by atoms with E-state index in [9.17, 15) is 0 Å². The smallest absolute Gasteiger partial charge is 0.225 e. The molecule has 1 aliphatic heterocycles. The van der Waals surface area contributed by atoms with E-state index in [4.69, 9.17) is 14.7 Å². The molecule has 0 atom stereocenters. The number of ether oxygens (including phenoxy) is 1. The summed E-state index contributed by atoms with van der Waals surface area (Å²) < 4.78 is 6.72. The number of nitrogens with zero attached hydrogens (tertiary/aromatic N) is 5. The number of hydrogen-bond acceptors (Lipinski definition) is 8. The molecule has 4 rings (SSSR count). The molecule has 3 aromatic rings. The fraction of sp³-hybridized carbons (Fsp3) is 0.500. The van der Waals surface area contributed by atoms with Gasteiger partial charge in [0.1, 0.15) is 11.6 Å². The highest BCUT2D eigenvalue weighted by Crippen LogP contribution is 2.31. The summed E-state index contributed by atoms with van der Waals surface area (Å²) in [5.74, 6) is 2.54. The second-order valence-electron chi connectivity index (χ2n) is 10.2. The zero-order chi connectivity index (χ0) is 26.4. The Morgan fingerprint density at radius 3 is 2.57 bits per heavy atom. The minimum Gasteiger partial charge on any atom is -0.496 e. The van der Waals surface area contributed by atoms with E-state index in [2.05, 4.69) is 99.8 Å². The second kappa shape index (κ2) is 12.8. The Balaban J connectivity index is 1.43. The molecule has 0 spiro atoms. The molecular weight excluding hydrogens is 530 g/mol. The Kier molecular flexibility index (Phi) is 9.45. The predicted octanol–water partition coefficient (Wildman–Crippen LogP) is 4.91. The quantitative estimate of drug-likeness (QED) is 0.316. The minimum absolute atomic E-state index is 0.362. The molecule has 1 aromatic heterocycles. The first-order chi connectivity index (χ1) is 17.8. The molecule has 37 heavy (non-hydrogen) atoms. The van der Waals surface area contributed by atoms with Crippen LogP contribution in [-0.4, -0.2) is 87.3 Å². The highest BCUT2D eigenvalue weighted by Gasteiger charge is 2.23. The van der Waals surface area contributed by atoms with Crippen molar-refractivity contribution in [3.8, 4) is 5.75 Å². The van der Waals surface area contributed by atoms with Crippen molar-refractivity contribution in [1.29, 1.82) is 0 Å². The molecule has 2 aromatic carbocycles. The van der Waals surface area contributed by atoms with Gasteiger partial charge in [0.2, 0.25) is 5.95 Å². The van der Waals surface area contributed by atoms with Gasteiger partial charge in [-0.15, -0.1) is 0 Å². The number of benzene rings is 2. The summed E-state index contributed by atoms with van der Waals surface area (Å²) in [5, 5.41) is 8.22. The fourth-order valence-corrected chi connectivity index (χ4v) is 5.22. The zero-order valence-electron chi connectivity index (χ0n) is 22.7. The third kappa shape index (κ3) is 7.24. The van der Waals surface area contributed by atoms with Crippen molar-refractivity contribution in [3.05, 3.63) is 46.4 Å². The first-order valence-corrected chi connectivity index (χ1v) is 13.8. The molecule has 2 N–H and O–H groups in total. The van der Waals surface area contributed by atoms with Crippen molar-refractivity contribution >= 4 is 44.3 Å². The number of nitrogens with one attached hydrogen (secondary N) is 2. The van der Waals surface area contributed by atoms with E-state index in [-0.39, 0.29) is 0 Å². The number of piperidine rings is 1. The third-order valence-corrected chi connectivity index (χ3v) is 7.34. The SMILES string of the molecule is COc1cccc(N(C)C)c1CN1CCC(Nc2nc(NCCCN(C)C)nc3ccc(Br)cc23)CC1. The molecule has 200 valence electrons. The van der Waals surface area contributed by atoms with Crippen LogP contribution in [0.4, 0.5) is 17.5 Å². The minimum atomic E-state index is 0.362. The summed E-state index contributed by atoms with van der Waals surface area (Å²) in [5.41, 5.74) is 3.40. The van der Waals surface area contributed by atoms with Crippen LogP contribution in [0, 0.1) is 0 Å². The van der Waals surface area contributed by atoms with E-state index in [0.717, 1.165) is 78.9 Å². The molecule has 0 aliphatic carbocycles. The van der Waals surface area contributed by atoms with Crippen LogP contribution in [0.25, 0.3) is 10.9 Å². The molecule has 1 saturated heterocycles. The number of anilines is 3. The Morgan fingerprint density at radius 2 is 1.86 bits per heavy atom. The van der Waals surface area contributed by atoms with Crippen LogP contribution in [0.3, 0.4) is 0 Å². The van der Waals surface area contributed by atoms with Crippen LogP contribution < -0.4 is 20.3 Å². The van der Waals surface area contributed by atoms with E-state index in [0.29, 0.717) is 12.0 Å². The van der Waals surface area contributed by atoms with Gasteiger partial charge in [-0.3, -0.25) is 4.90 Å². The highest BCUT2D eigenvalue weighted by atomic mass is 79.9. The van der Waals surface area contributed by atoms with Gasteiger partial charge >= 0.3 is 0 Å². The lowest BCUT2D eigenvalue weighted by Crippen LogP contribution is -2.39. The van der Waals surface area contributed by atoms with Gasteiger partial charge in [0.15, 0.2) is 0 Å². The van der Waals surface area contributed by atoms with Gasteiger partial charge in [0.05, 0.1) is 12.6 Å². The number of rotatable bonds is 11. The van der Waals surface area contributed by atoms with Crippen LogP contribution in [0.15, 0.2) is 40.9 Å². The zero-order valence-corrected chi connectivity index (χ0v) is 24.3. The van der Waals surface area contributed by atoms with E-state index in [1.165, 1.54) is 11.3 Å². The molecule has 0 saturated carbocycles. The number of likely N-dealkylation sites (tertiary alicyclic amines) is 1. The summed E-state index contributed by atoms with van der Waals surface area (Å²) in [7, 11) is 10.1. The van der Waals surface area contributed by atoms with Crippen molar-refractivity contribution in [2.45, 2.75) is 31.8 Å². The van der Waals surface area contributed by atoms with Gasteiger partial charge in [0, 0.05) is 67.4 Å². The van der Waals surface area contributed by atoms with Gasteiger partial charge < -0.3 is 25.2 Å². The van der Waals surface area contributed by atoms with E-state index in [1.54, 1.807) is 7.11 Å². The van der Waals surface area contributed by atoms with Crippen molar-refractivity contribution in [1.82, 2.24) is 19.8 Å². The second-order valence-corrected chi connectivity index (χ2v) is 11.1. The van der Waals surface area contributed by atoms with E-state index in [1.807, 2.05) is 6.07 Å². The summed E-state index contributed by atoms with van der Waals surface area (Å²) >= 11 is 3.62. The van der Waals surface area contributed by atoms with E-state index >= 15 is 0 Å². The molecule has 0 radical (unpaired) electrons. The molecule has 1 aliphatic rings. The number of hydrogen-bond donors (Lipinski definition) is 2. The maximum absolute atomic E-state index is 5.69. The Hall–Kier alpha value is -2.62. The van der Waals surface area contributed by atoms with Gasteiger partial charge in [0.25, 0.3) is 0 Å². The van der Waals surface area contributed by atoms with Crippen LogP contribution in [0.2, 0.25) is 0 Å². The molecule has 8 nitrogen and oxygen atoms in total. The van der Waals surface area contributed by atoms with Crippen LogP contribution in [-0.2, 0) is 6.54 Å². The molecule has 0 bridgehead atoms. The summed E-state index contributed by atoms with van der Waals surface area (Å²) in [6.45, 7) is 4.79. The third-order valence-electron chi connectivity index (χ3n) is 6.84. The molecule has 0 amide bonds. The van der Waals surface area contributed by atoms with Crippen molar-refractivity contribution in [2.24, 2.45) is 0 Å². The standard InChI is InChI=1S/C28H40BrN7O/c1-34(2)15-7-14-30-28-32-24-11-10-20(29)18-22(24)27(33-28)31-21-12-16-36(17-13-21)19-23-25(35(3)4)8-6-9-26(23)37-5/h6,8-11,18,21H,7,12-17,19H2,1-5H3,(H2,30,31,32,33). The maximum Gasteiger partial charge on any atom is 0.225 e. The normalized spacial score (nSPS) is 14.8. The number of aromatic nitrogens is 2. The number of halogens is 1. The van der Waals surface area contributed by atoms with Crippen LogP contribution in [0.1, 0.15) is 24.8 Å².